The lowest BCUT2D eigenvalue weighted by Crippen LogP contribution is -2.59. The van der Waals surface area contributed by atoms with E-state index in [9.17, 15) is 22.4 Å². The predicted octanol–water partition coefficient (Wildman–Crippen LogP) is 5.46. The van der Waals surface area contributed by atoms with Crippen molar-refractivity contribution in [2.45, 2.75) is 37.5 Å². The number of piperidine rings is 2. The van der Waals surface area contributed by atoms with Crippen molar-refractivity contribution in [1.82, 2.24) is 19.9 Å². The van der Waals surface area contributed by atoms with E-state index in [1.54, 1.807) is 11.0 Å². The molecule has 2 saturated heterocycles. The van der Waals surface area contributed by atoms with Gasteiger partial charge in [0.15, 0.2) is 5.82 Å². The first-order chi connectivity index (χ1) is 16.7. The Balaban J connectivity index is 1.42. The topological polar surface area (TPSA) is 71.0 Å². The van der Waals surface area contributed by atoms with Crippen molar-refractivity contribution >= 4 is 23.3 Å². The molecular formula is C24H20ClF4N5O. The van der Waals surface area contributed by atoms with Gasteiger partial charge in [0, 0.05) is 36.7 Å². The number of anilines is 1. The van der Waals surface area contributed by atoms with Crippen LogP contribution in [0.5, 0.6) is 0 Å². The van der Waals surface area contributed by atoms with Gasteiger partial charge in [-0.05, 0) is 55.5 Å². The third-order valence-corrected chi connectivity index (χ3v) is 6.84. The Kier molecular flexibility index (Phi) is 6.08. The van der Waals surface area contributed by atoms with Gasteiger partial charge in [-0.2, -0.15) is 13.2 Å². The van der Waals surface area contributed by atoms with E-state index < -0.39 is 17.6 Å². The molecule has 3 fully saturated rings. The number of aromatic nitrogens is 3. The highest BCUT2D eigenvalue weighted by Crippen LogP contribution is 2.39. The van der Waals surface area contributed by atoms with Gasteiger partial charge < -0.3 is 10.2 Å². The molecule has 3 atom stereocenters. The molecule has 0 spiro atoms. The fourth-order valence-corrected chi connectivity index (χ4v) is 5.16. The summed E-state index contributed by atoms with van der Waals surface area (Å²) in [5, 5.41) is 3.02. The number of fused-ring (bicyclic) bond motifs is 3. The summed E-state index contributed by atoms with van der Waals surface area (Å²) in [6, 6.07) is 5.89. The van der Waals surface area contributed by atoms with Gasteiger partial charge >= 0.3 is 6.18 Å². The summed E-state index contributed by atoms with van der Waals surface area (Å²) < 4.78 is 53.0. The minimum Gasteiger partial charge on any atom is -0.364 e. The molecule has 1 aromatic carbocycles. The summed E-state index contributed by atoms with van der Waals surface area (Å²) in [6.45, 7) is 0.530. The van der Waals surface area contributed by atoms with Gasteiger partial charge in [-0.3, -0.25) is 4.79 Å². The van der Waals surface area contributed by atoms with E-state index in [-0.39, 0.29) is 46.1 Å². The maximum absolute atomic E-state index is 14.1. The summed E-state index contributed by atoms with van der Waals surface area (Å²) in [5.41, 5.74) is -0.342. The molecule has 2 aliphatic heterocycles. The van der Waals surface area contributed by atoms with Crippen LogP contribution in [0.25, 0.3) is 11.4 Å². The lowest BCUT2D eigenvalue weighted by atomic mass is 9.76. The van der Waals surface area contributed by atoms with Gasteiger partial charge in [0.05, 0.1) is 22.2 Å². The first kappa shape index (κ1) is 23.5. The van der Waals surface area contributed by atoms with E-state index in [0.29, 0.717) is 18.5 Å². The number of hydrogen-bond donors (Lipinski definition) is 1. The summed E-state index contributed by atoms with van der Waals surface area (Å²) >= 11 is 6.10. The summed E-state index contributed by atoms with van der Waals surface area (Å²) in [7, 11) is 0. The zero-order chi connectivity index (χ0) is 24.7. The molecule has 2 aromatic heterocycles. The van der Waals surface area contributed by atoms with E-state index in [1.807, 2.05) is 0 Å². The second-order valence-electron chi connectivity index (χ2n) is 8.77. The van der Waals surface area contributed by atoms with E-state index in [1.165, 1.54) is 30.6 Å². The number of benzene rings is 1. The van der Waals surface area contributed by atoms with E-state index >= 15 is 0 Å². The van der Waals surface area contributed by atoms with E-state index in [2.05, 4.69) is 20.3 Å². The molecule has 0 radical (unpaired) electrons. The first-order valence-corrected chi connectivity index (χ1v) is 11.5. The molecule has 182 valence electrons. The van der Waals surface area contributed by atoms with Crippen molar-refractivity contribution in [1.29, 1.82) is 0 Å². The van der Waals surface area contributed by atoms with Crippen LogP contribution >= 0.6 is 11.6 Å². The number of carbonyl (C=O) groups excluding carboxylic acids is 1. The first-order valence-electron chi connectivity index (χ1n) is 11.1. The zero-order valence-electron chi connectivity index (χ0n) is 18.3. The minimum atomic E-state index is -4.54. The highest BCUT2D eigenvalue weighted by molar-refractivity contribution is 6.33. The fourth-order valence-electron chi connectivity index (χ4n) is 4.94. The van der Waals surface area contributed by atoms with Gasteiger partial charge in [0.25, 0.3) is 5.91 Å². The Morgan fingerprint density at radius 1 is 1.11 bits per heavy atom. The van der Waals surface area contributed by atoms with Crippen LogP contribution in [0, 0.1) is 11.7 Å². The quantitative estimate of drug-likeness (QED) is 0.477. The molecule has 2 bridgehead atoms. The molecule has 6 nitrogen and oxygen atoms in total. The highest BCUT2D eigenvalue weighted by atomic mass is 35.5. The Hall–Kier alpha value is -3.27. The number of hydrogen-bond acceptors (Lipinski definition) is 5. The second kappa shape index (κ2) is 9.07. The molecule has 35 heavy (non-hydrogen) atoms. The van der Waals surface area contributed by atoms with Crippen LogP contribution in [0.1, 0.15) is 35.2 Å². The van der Waals surface area contributed by atoms with Gasteiger partial charge in [-0.25, -0.2) is 19.3 Å². The number of rotatable bonds is 4. The molecular weight excluding hydrogens is 486 g/mol. The molecule has 1 amide bonds. The lowest BCUT2D eigenvalue weighted by Gasteiger charge is -2.50. The average Bonchev–Trinajstić information content (AvgIpc) is 2.85. The smallest absolute Gasteiger partial charge is 0.364 e. The van der Waals surface area contributed by atoms with Crippen LogP contribution in [0.2, 0.25) is 5.02 Å². The second-order valence-corrected chi connectivity index (χ2v) is 9.18. The molecule has 6 rings (SSSR count). The molecule has 3 aromatic rings. The summed E-state index contributed by atoms with van der Waals surface area (Å²) in [5.74, 6) is -0.198. The standard InChI is InChI=1S/C24H20ClF4N5O/c25-18-9-14(24(27,28)29)11-32-22(18)33-19-8-13-2-5-20(19)34(12-13)23(35)16-4-3-15(26)10-17(16)21-30-6-1-7-31-21/h1,3-4,6-7,9-11,13,19-20H,2,5,8,12H2,(H,32,33)/t13-,19-,20+/m1/s1. The number of halogens is 5. The normalized spacial score (nSPS) is 21.7. The fraction of sp³-hybridized carbons (Fsp3) is 0.333. The maximum Gasteiger partial charge on any atom is 0.417 e. The molecule has 11 heteroatoms. The van der Waals surface area contributed by atoms with Crippen molar-refractivity contribution in [3.05, 3.63) is 70.9 Å². The number of carbonyl (C=O) groups is 1. The Morgan fingerprint density at radius 3 is 2.57 bits per heavy atom. The number of nitrogens with zero attached hydrogens (tertiary/aromatic N) is 4. The average molecular weight is 506 g/mol. The number of pyridine rings is 1. The third kappa shape index (κ3) is 4.67. The van der Waals surface area contributed by atoms with Crippen molar-refractivity contribution in [3.63, 3.8) is 0 Å². The zero-order valence-corrected chi connectivity index (χ0v) is 19.0. The number of amides is 1. The Morgan fingerprint density at radius 2 is 1.89 bits per heavy atom. The lowest BCUT2D eigenvalue weighted by molar-refractivity contribution is -0.137. The number of nitrogens with one attached hydrogen (secondary N) is 1. The molecule has 1 aliphatic carbocycles. The van der Waals surface area contributed by atoms with Gasteiger partial charge in [-0.15, -0.1) is 0 Å². The largest absolute Gasteiger partial charge is 0.417 e. The monoisotopic (exact) mass is 505 g/mol. The van der Waals surface area contributed by atoms with Crippen molar-refractivity contribution in [2.75, 3.05) is 11.9 Å². The maximum atomic E-state index is 14.1. The molecule has 4 heterocycles. The Bertz CT molecular complexity index is 1260. The van der Waals surface area contributed by atoms with Crippen LogP contribution in [0.3, 0.4) is 0 Å². The molecule has 0 unspecified atom stereocenters. The third-order valence-electron chi connectivity index (χ3n) is 6.55. The van der Waals surface area contributed by atoms with E-state index in [0.717, 1.165) is 25.1 Å². The summed E-state index contributed by atoms with van der Waals surface area (Å²) in [6.07, 6.45) is 1.60. The van der Waals surface area contributed by atoms with Crippen LogP contribution in [0.15, 0.2) is 48.9 Å². The van der Waals surface area contributed by atoms with Crippen molar-refractivity contribution in [3.8, 4) is 11.4 Å². The number of alkyl halides is 3. The Labute approximate surface area is 203 Å². The van der Waals surface area contributed by atoms with Crippen LogP contribution < -0.4 is 5.32 Å². The molecule has 1 saturated carbocycles. The SMILES string of the molecule is O=C(c1ccc(F)cc1-c1ncccn1)N1C[C@@H]2CC[C@H]1[C@H](Nc1ncc(C(F)(F)F)cc1Cl)C2. The van der Waals surface area contributed by atoms with Crippen LogP contribution in [0.4, 0.5) is 23.4 Å². The van der Waals surface area contributed by atoms with Crippen LogP contribution in [-0.4, -0.2) is 44.4 Å². The van der Waals surface area contributed by atoms with Crippen LogP contribution in [-0.2, 0) is 6.18 Å². The van der Waals surface area contributed by atoms with E-state index in [4.69, 9.17) is 11.6 Å². The van der Waals surface area contributed by atoms with Gasteiger partial charge in [-0.1, -0.05) is 11.6 Å². The predicted molar refractivity (Wildman–Crippen MR) is 121 cm³/mol. The van der Waals surface area contributed by atoms with Gasteiger partial charge in [0.2, 0.25) is 0 Å². The van der Waals surface area contributed by atoms with Crippen molar-refractivity contribution < 1.29 is 22.4 Å². The minimum absolute atomic E-state index is 0.138. The van der Waals surface area contributed by atoms with Gasteiger partial charge in [0.1, 0.15) is 11.6 Å². The molecule has 1 N–H and O–H groups in total. The van der Waals surface area contributed by atoms with Crippen molar-refractivity contribution in [2.24, 2.45) is 5.92 Å². The highest BCUT2D eigenvalue weighted by Gasteiger charge is 2.44. The molecule has 3 aliphatic rings. The summed E-state index contributed by atoms with van der Waals surface area (Å²) in [4.78, 5) is 27.6.